The second kappa shape index (κ2) is 8.74. The first-order chi connectivity index (χ1) is 13.0. The predicted octanol–water partition coefficient (Wildman–Crippen LogP) is 2.30. The fraction of sp³-hybridized carbons (Fsp3) is 0.619. The van der Waals surface area contributed by atoms with Gasteiger partial charge in [0.1, 0.15) is 5.54 Å². The Kier molecular flexibility index (Phi) is 6.37. The molecule has 2 fully saturated rings. The van der Waals surface area contributed by atoms with Crippen LogP contribution in [0.25, 0.3) is 0 Å². The van der Waals surface area contributed by atoms with Gasteiger partial charge < -0.3 is 21.3 Å². The summed E-state index contributed by atoms with van der Waals surface area (Å²) in [6, 6.07) is 9.51. The van der Waals surface area contributed by atoms with Crippen LogP contribution in [0.15, 0.2) is 30.3 Å². The number of carbonyl (C=O) groups is 2. The first kappa shape index (κ1) is 19.7. The maximum absolute atomic E-state index is 13.0. The van der Waals surface area contributed by atoms with Gasteiger partial charge in [-0.2, -0.15) is 0 Å². The quantitative estimate of drug-likeness (QED) is 0.618. The lowest BCUT2D eigenvalue weighted by Gasteiger charge is -2.36. The maximum atomic E-state index is 13.0. The van der Waals surface area contributed by atoms with E-state index in [1.54, 1.807) is 0 Å². The molecule has 1 aromatic rings. The molecule has 0 radical (unpaired) electrons. The third-order valence-corrected chi connectivity index (χ3v) is 6.03. The second-order valence-corrected chi connectivity index (χ2v) is 8.33. The van der Waals surface area contributed by atoms with E-state index in [9.17, 15) is 9.59 Å². The molecule has 1 saturated carbocycles. The average Bonchev–Trinajstić information content (AvgIpc) is 3.16. The minimum atomic E-state index is -0.774. The first-order valence-electron chi connectivity index (χ1n) is 10.1. The van der Waals surface area contributed by atoms with Crippen molar-refractivity contribution in [2.45, 2.75) is 57.5 Å². The van der Waals surface area contributed by atoms with Gasteiger partial charge in [-0.25, -0.2) is 4.79 Å². The number of nitrogens with one attached hydrogen (secondary N) is 4. The number of hydrogen-bond acceptors (Lipinski definition) is 3. The summed E-state index contributed by atoms with van der Waals surface area (Å²) in [5, 5.41) is 12.4. The first-order valence-corrected chi connectivity index (χ1v) is 10.1. The summed E-state index contributed by atoms with van der Waals surface area (Å²) in [7, 11) is 0. The zero-order chi connectivity index (χ0) is 19.2. The highest BCUT2D eigenvalue weighted by Crippen LogP contribution is 2.31. The Hall–Kier alpha value is -2.08. The number of benzene rings is 1. The summed E-state index contributed by atoms with van der Waals surface area (Å²) in [6.45, 7) is 5.35. The van der Waals surface area contributed by atoms with Crippen molar-refractivity contribution in [3.63, 3.8) is 0 Å². The molecule has 0 atom stereocenters. The van der Waals surface area contributed by atoms with Crippen molar-refractivity contribution >= 4 is 11.9 Å². The van der Waals surface area contributed by atoms with Crippen molar-refractivity contribution in [3.05, 3.63) is 35.9 Å². The van der Waals surface area contributed by atoms with Gasteiger partial charge in [-0.1, -0.05) is 50.1 Å². The molecule has 3 rings (SSSR count). The Bertz CT molecular complexity index is 635. The fourth-order valence-corrected chi connectivity index (χ4v) is 4.10. The van der Waals surface area contributed by atoms with E-state index >= 15 is 0 Å². The molecule has 1 aromatic carbocycles. The van der Waals surface area contributed by atoms with E-state index in [1.165, 1.54) is 0 Å². The molecule has 6 nitrogen and oxygen atoms in total. The number of carbonyl (C=O) groups excluding carboxylic acids is 2. The average molecular weight is 373 g/mol. The van der Waals surface area contributed by atoms with Crippen molar-refractivity contribution < 1.29 is 9.59 Å². The zero-order valence-electron chi connectivity index (χ0n) is 16.3. The highest BCUT2D eigenvalue weighted by molar-refractivity contribution is 5.91. The van der Waals surface area contributed by atoms with Gasteiger partial charge in [0.25, 0.3) is 0 Å². The van der Waals surface area contributed by atoms with E-state index in [0.717, 1.165) is 44.3 Å². The van der Waals surface area contributed by atoms with Crippen LogP contribution in [-0.4, -0.2) is 37.1 Å². The van der Waals surface area contributed by atoms with Crippen molar-refractivity contribution in [2.75, 3.05) is 19.6 Å². The van der Waals surface area contributed by atoms with E-state index < -0.39 is 5.54 Å². The monoisotopic (exact) mass is 372 g/mol. The largest absolute Gasteiger partial charge is 0.354 e. The van der Waals surface area contributed by atoms with Crippen molar-refractivity contribution in [2.24, 2.45) is 5.41 Å². The fourth-order valence-electron chi connectivity index (χ4n) is 4.10. The van der Waals surface area contributed by atoms with Crippen LogP contribution in [0.5, 0.6) is 0 Å². The Morgan fingerprint density at radius 2 is 1.67 bits per heavy atom. The lowest BCUT2D eigenvalue weighted by atomic mass is 9.80. The number of rotatable bonds is 6. The summed E-state index contributed by atoms with van der Waals surface area (Å²) >= 11 is 0. The summed E-state index contributed by atoms with van der Waals surface area (Å²) in [5.74, 6) is -0.0328. The van der Waals surface area contributed by atoms with Gasteiger partial charge in [-0.15, -0.1) is 0 Å². The standard InChI is InChI=1S/C21H32N4O2/c1-20(11-13-22-14-12-20)16-24-18(26)21(9-5-6-10-21)25-19(27)23-15-17-7-3-2-4-8-17/h2-4,7-8,22H,5-6,9-16H2,1H3,(H,24,26)(H2,23,25,27). The molecule has 1 heterocycles. The molecule has 0 bridgehead atoms. The Balaban J connectivity index is 1.54. The van der Waals surface area contributed by atoms with Crippen LogP contribution in [0.4, 0.5) is 4.79 Å². The molecule has 1 aliphatic heterocycles. The highest BCUT2D eigenvalue weighted by Gasteiger charge is 2.43. The number of urea groups is 1. The third kappa shape index (κ3) is 5.22. The Labute approximate surface area is 161 Å². The number of piperidine rings is 1. The minimum absolute atomic E-state index is 0.0328. The molecule has 6 heteroatoms. The third-order valence-electron chi connectivity index (χ3n) is 6.03. The zero-order valence-corrected chi connectivity index (χ0v) is 16.3. The predicted molar refractivity (Wildman–Crippen MR) is 106 cm³/mol. The molecular weight excluding hydrogens is 340 g/mol. The topological polar surface area (TPSA) is 82.3 Å². The van der Waals surface area contributed by atoms with E-state index in [0.29, 0.717) is 25.9 Å². The SMILES string of the molecule is CC1(CNC(=O)C2(NC(=O)NCc3ccccc3)CCCC2)CCNCC1. The van der Waals surface area contributed by atoms with Crippen LogP contribution in [-0.2, 0) is 11.3 Å². The van der Waals surface area contributed by atoms with Gasteiger partial charge in [0.2, 0.25) is 5.91 Å². The maximum Gasteiger partial charge on any atom is 0.315 e. The molecule has 27 heavy (non-hydrogen) atoms. The minimum Gasteiger partial charge on any atom is -0.354 e. The van der Waals surface area contributed by atoms with Gasteiger partial charge in [0, 0.05) is 13.1 Å². The second-order valence-electron chi connectivity index (χ2n) is 8.33. The highest BCUT2D eigenvalue weighted by atomic mass is 16.2. The van der Waals surface area contributed by atoms with Crippen LogP contribution in [0.3, 0.4) is 0 Å². The summed E-state index contributed by atoms with van der Waals surface area (Å²) < 4.78 is 0. The smallest absolute Gasteiger partial charge is 0.315 e. The number of hydrogen-bond donors (Lipinski definition) is 4. The summed E-state index contributed by atoms with van der Waals surface area (Å²) in [4.78, 5) is 25.4. The van der Waals surface area contributed by atoms with Gasteiger partial charge in [0.05, 0.1) is 0 Å². The molecule has 2 aliphatic rings. The lowest BCUT2D eigenvalue weighted by Crippen LogP contribution is -2.60. The molecule has 0 unspecified atom stereocenters. The number of amides is 3. The van der Waals surface area contributed by atoms with E-state index in [4.69, 9.17) is 0 Å². The van der Waals surface area contributed by atoms with Crippen LogP contribution >= 0.6 is 0 Å². The molecule has 0 aromatic heterocycles. The van der Waals surface area contributed by atoms with E-state index in [2.05, 4.69) is 28.2 Å². The van der Waals surface area contributed by atoms with Crippen LogP contribution < -0.4 is 21.3 Å². The molecule has 1 aliphatic carbocycles. The molecule has 1 saturated heterocycles. The normalized spacial score (nSPS) is 20.6. The van der Waals surface area contributed by atoms with Crippen molar-refractivity contribution in [3.8, 4) is 0 Å². The van der Waals surface area contributed by atoms with Crippen LogP contribution in [0, 0.1) is 5.41 Å². The van der Waals surface area contributed by atoms with E-state index in [1.807, 2.05) is 30.3 Å². The lowest BCUT2D eigenvalue weighted by molar-refractivity contribution is -0.127. The van der Waals surface area contributed by atoms with Crippen molar-refractivity contribution in [1.82, 2.24) is 21.3 Å². The van der Waals surface area contributed by atoms with E-state index in [-0.39, 0.29) is 17.4 Å². The summed E-state index contributed by atoms with van der Waals surface area (Å²) in [6.07, 6.45) is 5.46. The Morgan fingerprint density at radius 1 is 1.00 bits per heavy atom. The van der Waals surface area contributed by atoms with Gasteiger partial charge >= 0.3 is 6.03 Å². The molecule has 3 amide bonds. The van der Waals surface area contributed by atoms with Crippen molar-refractivity contribution in [1.29, 1.82) is 0 Å². The van der Waals surface area contributed by atoms with Crippen LogP contribution in [0.1, 0.15) is 51.0 Å². The van der Waals surface area contributed by atoms with Gasteiger partial charge in [-0.05, 0) is 49.8 Å². The molecule has 4 N–H and O–H groups in total. The molecule has 148 valence electrons. The molecular formula is C21H32N4O2. The molecule has 0 spiro atoms. The Morgan fingerprint density at radius 3 is 2.33 bits per heavy atom. The van der Waals surface area contributed by atoms with Gasteiger partial charge in [0.15, 0.2) is 0 Å². The summed E-state index contributed by atoms with van der Waals surface area (Å²) in [5.41, 5.74) is 0.400. The van der Waals surface area contributed by atoms with Gasteiger partial charge in [-0.3, -0.25) is 4.79 Å². The van der Waals surface area contributed by atoms with Crippen LogP contribution in [0.2, 0.25) is 0 Å².